The van der Waals surface area contributed by atoms with Gasteiger partial charge in [-0.2, -0.15) is 0 Å². The summed E-state index contributed by atoms with van der Waals surface area (Å²) in [5.74, 6) is -0.245. The summed E-state index contributed by atoms with van der Waals surface area (Å²) in [4.78, 5) is 11.7. The highest BCUT2D eigenvalue weighted by Crippen LogP contribution is 2.25. The van der Waals surface area contributed by atoms with Crippen LogP contribution in [0.15, 0.2) is 30.3 Å². The van der Waals surface area contributed by atoms with Crippen LogP contribution in [0, 0.1) is 0 Å². The molecule has 0 fully saturated rings. The number of aliphatic hydroxyl groups is 1. The molecule has 1 atom stereocenters. The number of amides is 1. The quantitative estimate of drug-likeness (QED) is 0.747. The second-order valence-electron chi connectivity index (χ2n) is 3.86. The lowest BCUT2D eigenvalue weighted by atomic mass is 10.1. The number of hydrogen-bond donors (Lipinski definition) is 3. The van der Waals surface area contributed by atoms with Gasteiger partial charge in [-0.05, 0) is 5.56 Å². The molecule has 1 aromatic heterocycles. The number of benzene rings is 1. The van der Waals surface area contributed by atoms with Crippen LogP contribution < -0.4 is 11.1 Å². The first-order valence-electron chi connectivity index (χ1n) is 5.74. The van der Waals surface area contributed by atoms with Crippen molar-refractivity contribution < 1.29 is 9.90 Å². The van der Waals surface area contributed by atoms with Crippen molar-refractivity contribution in [2.24, 2.45) is 0 Å². The lowest BCUT2D eigenvalue weighted by Gasteiger charge is -2.16. The number of nitrogens with one attached hydrogen (secondary N) is 1. The van der Waals surface area contributed by atoms with Crippen LogP contribution in [0.5, 0.6) is 0 Å². The highest BCUT2D eigenvalue weighted by Gasteiger charge is 2.20. The second kappa shape index (κ2) is 6.26. The third-order valence-corrected chi connectivity index (χ3v) is 3.30. The van der Waals surface area contributed by atoms with Gasteiger partial charge in [0.2, 0.25) is 11.0 Å². The van der Waals surface area contributed by atoms with Crippen LogP contribution >= 0.6 is 11.3 Å². The molecule has 0 aliphatic rings. The predicted molar refractivity (Wildman–Crippen MR) is 72.5 cm³/mol. The Morgan fingerprint density at radius 2 is 2.11 bits per heavy atom. The first kappa shape index (κ1) is 13.4. The minimum Gasteiger partial charge on any atom is -0.396 e. The first-order valence-corrected chi connectivity index (χ1v) is 6.56. The van der Waals surface area contributed by atoms with Gasteiger partial charge in [0, 0.05) is 6.42 Å². The summed E-state index contributed by atoms with van der Waals surface area (Å²) in [5.41, 5.74) is 6.47. The van der Waals surface area contributed by atoms with E-state index in [0.717, 1.165) is 5.56 Å². The van der Waals surface area contributed by atoms with Crippen LogP contribution in [0.3, 0.4) is 0 Å². The summed E-state index contributed by atoms with van der Waals surface area (Å²) in [6, 6.07) is 9.04. The number of carbonyl (C=O) groups excluding carboxylic acids is 1. The van der Waals surface area contributed by atoms with Crippen LogP contribution in [0.4, 0.5) is 5.13 Å². The molecule has 0 saturated heterocycles. The van der Waals surface area contributed by atoms with Crippen molar-refractivity contribution in [2.45, 2.75) is 12.5 Å². The number of nitrogen functional groups attached to an aromatic ring is 1. The number of nitrogens with two attached hydrogens (primary N) is 1. The van der Waals surface area contributed by atoms with E-state index < -0.39 is 6.04 Å². The average molecular weight is 278 g/mol. The van der Waals surface area contributed by atoms with E-state index in [2.05, 4.69) is 15.5 Å². The lowest BCUT2D eigenvalue weighted by Crippen LogP contribution is -2.29. The molecule has 2 rings (SSSR count). The zero-order valence-electron chi connectivity index (χ0n) is 10.1. The smallest absolute Gasteiger partial charge is 0.223 e. The molecule has 4 N–H and O–H groups in total. The topological polar surface area (TPSA) is 101 Å². The SMILES string of the molecule is Nc1nnc(C(NC(=O)CCO)c2ccccc2)s1. The molecule has 0 radical (unpaired) electrons. The molecule has 0 aliphatic heterocycles. The van der Waals surface area contributed by atoms with E-state index in [1.807, 2.05) is 30.3 Å². The Morgan fingerprint density at radius 1 is 1.37 bits per heavy atom. The summed E-state index contributed by atoms with van der Waals surface area (Å²) < 4.78 is 0. The molecule has 0 saturated carbocycles. The van der Waals surface area contributed by atoms with Crippen molar-refractivity contribution in [1.82, 2.24) is 15.5 Å². The normalized spacial score (nSPS) is 12.1. The molecular formula is C12H14N4O2S. The van der Waals surface area contributed by atoms with Gasteiger partial charge in [0.1, 0.15) is 11.0 Å². The Balaban J connectivity index is 2.26. The van der Waals surface area contributed by atoms with Crippen molar-refractivity contribution in [2.75, 3.05) is 12.3 Å². The predicted octanol–water partition coefficient (Wildman–Crippen LogP) is 0.708. The molecule has 1 heterocycles. The summed E-state index contributed by atoms with van der Waals surface area (Å²) in [6.45, 7) is -0.189. The third-order valence-electron chi connectivity index (χ3n) is 2.48. The van der Waals surface area contributed by atoms with E-state index in [0.29, 0.717) is 10.1 Å². The summed E-state index contributed by atoms with van der Waals surface area (Å²) in [6.07, 6.45) is 0.0532. The molecular weight excluding hydrogens is 264 g/mol. The van der Waals surface area contributed by atoms with Gasteiger partial charge < -0.3 is 16.2 Å². The van der Waals surface area contributed by atoms with Gasteiger partial charge in [0.25, 0.3) is 0 Å². The van der Waals surface area contributed by atoms with Gasteiger partial charge >= 0.3 is 0 Å². The minimum absolute atomic E-state index is 0.0532. The molecule has 0 spiro atoms. The number of anilines is 1. The maximum Gasteiger partial charge on any atom is 0.223 e. The maximum atomic E-state index is 11.7. The largest absolute Gasteiger partial charge is 0.396 e. The van der Waals surface area contributed by atoms with Crippen molar-refractivity contribution in [3.05, 3.63) is 40.9 Å². The van der Waals surface area contributed by atoms with Gasteiger partial charge in [-0.1, -0.05) is 41.7 Å². The molecule has 0 bridgehead atoms. The summed E-state index contributed by atoms with van der Waals surface area (Å²) in [7, 11) is 0. The highest BCUT2D eigenvalue weighted by molar-refractivity contribution is 7.15. The van der Waals surface area contributed by atoms with E-state index in [4.69, 9.17) is 10.8 Å². The van der Waals surface area contributed by atoms with E-state index in [1.165, 1.54) is 11.3 Å². The van der Waals surface area contributed by atoms with Crippen LogP contribution in [-0.2, 0) is 4.79 Å². The summed E-state index contributed by atoms with van der Waals surface area (Å²) >= 11 is 1.23. The molecule has 1 unspecified atom stereocenters. The fraction of sp³-hybridized carbons (Fsp3) is 0.250. The lowest BCUT2D eigenvalue weighted by molar-refractivity contribution is -0.122. The number of carbonyl (C=O) groups is 1. The van der Waals surface area contributed by atoms with E-state index >= 15 is 0 Å². The third kappa shape index (κ3) is 3.49. The Kier molecular flexibility index (Phi) is 4.43. The number of hydrogen-bond acceptors (Lipinski definition) is 6. The van der Waals surface area contributed by atoms with Gasteiger partial charge in [-0.3, -0.25) is 4.79 Å². The fourth-order valence-electron chi connectivity index (χ4n) is 1.63. The fourth-order valence-corrected chi connectivity index (χ4v) is 2.32. The molecule has 1 amide bonds. The zero-order chi connectivity index (χ0) is 13.7. The molecule has 6 nitrogen and oxygen atoms in total. The van der Waals surface area contributed by atoms with Gasteiger partial charge in [0.15, 0.2) is 0 Å². The number of nitrogens with zero attached hydrogens (tertiary/aromatic N) is 2. The standard InChI is InChI=1S/C12H14N4O2S/c13-12-16-15-11(19-12)10(14-9(18)6-7-17)8-4-2-1-3-5-8/h1-5,10,17H,6-7H2,(H2,13,16)(H,14,18). The van der Waals surface area contributed by atoms with Crippen molar-refractivity contribution in [3.63, 3.8) is 0 Å². The Morgan fingerprint density at radius 3 is 2.68 bits per heavy atom. The first-order chi connectivity index (χ1) is 9.20. The van der Waals surface area contributed by atoms with Gasteiger partial charge in [-0.25, -0.2) is 0 Å². The van der Waals surface area contributed by atoms with Crippen LogP contribution in [-0.4, -0.2) is 27.8 Å². The molecule has 19 heavy (non-hydrogen) atoms. The highest BCUT2D eigenvalue weighted by atomic mass is 32.1. The van der Waals surface area contributed by atoms with Crippen molar-refractivity contribution in [1.29, 1.82) is 0 Å². The molecule has 100 valence electrons. The van der Waals surface area contributed by atoms with Crippen LogP contribution in [0.2, 0.25) is 0 Å². The number of aliphatic hydroxyl groups excluding tert-OH is 1. The minimum atomic E-state index is -0.393. The molecule has 0 aliphatic carbocycles. The maximum absolute atomic E-state index is 11.7. The van der Waals surface area contributed by atoms with E-state index in [1.54, 1.807) is 0 Å². The number of rotatable bonds is 5. The van der Waals surface area contributed by atoms with Crippen molar-refractivity contribution >= 4 is 22.4 Å². The van der Waals surface area contributed by atoms with Crippen LogP contribution in [0.25, 0.3) is 0 Å². The molecule has 7 heteroatoms. The monoisotopic (exact) mass is 278 g/mol. The second-order valence-corrected chi connectivity index (χ2v) is 4.90. The average Bonchev–Trinajstić information content (AvgIpc) is 2.84. The summed E-state index contributed by atoms with van der Waals surface area (Å²) in [5, 5.41) is 20.3. The zero-order valence-corrected chi connectivity index (χ0v) is 10.9. The van der Waals surface area contributed by atoms with E-state index in [-0.39, 0.29) is 18.9 Å². The van der Waals surface area contributed by atoms with Gasteiger partial charge in [0.05, 0.1) is 6.61 Å². The van der Waals surface area contributed by atoms with Crippen molar-refractivity contribution in [3.8, 4) is 0 Å². The Labute approximate surface area is 114 Å². The van der Waals surface area contributed by atoms with Gasteiger partial charge in [-0.15, -0.1) is 10.2 Å². The Bertz CT molecular complexity index is 544. The van der Waals surface area contributed by atoms with E-state index in [9.17, 15) is 4.79 Å². The molecule has 2 aromatic rings. The number of aromatic nitrogens is 2. The Hall–Kier alpha value is -1.99. The molecule has 1 aromatic carbocycles. The van der Waals surface area contributed by atoms with Crippen LogP contribution in [0.1, 0.15) is 23.0 Å².